The number of rotatable bonds is 6. The Bertz CT molecular complexity index is 509. The summed E-state index contributed by atoms with van der Waals surface area (Å²) < 4.78 is 8.60. The van der Waals surface area contributed by atoms with E-state index >= 15 is 0 Å². The lowest BCUT2D eigenvalue weighted by Gasteiger charge is -2.20. The quantitative estimate of drug-likeness (QED) is 0.747. The summed E-state index contributed by atoms with van der Waals surface area (Å²) in [4.78, 5) is 34.6. The highest BCUT2D eigenvalue weighted by atomic mass is 32.1. The molecule has 1 heterocycles. The minimum Gasteiger partial charge on any atom is -0.480 e. The van der Waals surface area contributed by atoms with Crippen molar-refractivity contribution in [3.63, 3.8) is 0 Å². The number of esters is 1. The minimum absolute atomic E-state index is 0.0534. The monoisotopic (exact) mass is 315 g/mol. The Morgan fingerprint density at radius 1 is 1.43 bits per heavy atom. The third-order valence-corrected chi connectivity index (χ3v) is 2.91. The van der Waals surface area contributed by atoms with Gasteiger partial charge in [0.15, 0.2) is 0 Å². The number of amides is 1. The maximum atomic E-state index is 11.7. The molecule has 116 valence electrons. The van der Waals surface area contributed by atoms with Crippen LogP contribution in [0.5, 0.6) is 0 Å². The summed E-state index contributed by atoms with van der Waals surface area (Å²) >= 11 is 0.859. The highest BCUT2D eigenvalue weighted by Gasteiger charge is 2.24. The Morgan fingerprint density at radius 2 is 2.10 bits per heavy atom. The summed E-state index contributed by atoms with van der Waals surface area (Å²) in [5.41, 5.74) is -0.632. The van der Waals surface area contributed by atoms with Gasteiger partial charge in [-0.3, -0.25) is 9.59 Å². The predicted molar refractivity (Wildman–Crippen MR) is 73.9 cm³/mol. The Balaban J connectivity index is 2.53. The molecule has 1 aromatic rings. The van der Waals surface area contributed by atoms with Crippen LogP contribution in [0.3, 0.4) is 0 Å². The van der Waals surface area contributed by atoms with Crippen LogP contribution in [0.2, 0.25) is 0 Å². The predicted octanol–water partition coefficient (Wildman–Crippen LogP) is 0.843. The van der Waals surface area contributed by atoms with Crippen LogP contribution in [-0.2, 0) is 14.3 Å². The van der Waals surface area contributed by atoms with Gasteiger partial charge in [0.05, 0.1) is 6.20 Å². The topological polar surface area (TPSA) is 118 Å². The Kier molecular flexibility index (Phi) is 5.77. The number of nitrogens with one attached hydrogen (secondary N) is 1. The largest absolute Gasteiger partial charge is 0.480 e. The lowest BCUT2D eigenvalue weighted by molar-refractivity contribution is -0.155. The lowest BCUT2D eigenvalue weighted by atomic mass is 10.1. The van der Waals surface area contributed by atoms with Crippen molar-refractivity contribution in [3.8, 4) is 0 Å². The maximum absolute atomic E-state index is 11.7. The fraction of sp³-hybridized carbons (Fsp3) is 0.583. The van der Waals surface area contributed by atoms with E-state index in [-0.39, 0.29) is 17.7 Å². The summed E-state index contributed by atoms with van der Waals surface area (Å²) in [5, 5.41) is 14.9. The first-order valence-corrected chi connectivity index (χ1v) is 6.99. The van der Waals surface area contributed by atoms with Crippen LogP contribution in [0.25, 0.3) is 0 Å². The van der Waals surface area contributed by atoms with Gasteiger partial charge in [0.25, 0.3) is 5.91 Å². The van der Waals surface area contributed by atoms with Crippen LogP contribution in [0, 0.1) is 0 Å². The lowest BCUT2D eigenvalue weighted by Crippen LogP contribution is -2.41. The van der Waals surface area contributed by atoms with Crippen molar-refractivity contribution in [2.45, 2.75) is 45.3 Å². The molecular weight excluding hydrogens is 298 g/mol. The smallest absolute Gasteiger partial charge is 0.326 e. The molecule has 0 aliphatic rings. The normalized spacial score (nSPS) is 12.5. The van der Waals surface area contributed by atoms with E-state index in [1.165, 1.54) is 6.20 Å². The van der Waals surface area contributed by atoms with Crippen molar-refractivity contribution in [3.05, 3.63) is 11.1 Å². The summed E-state index contributed by atoms with van der Waals surface area (Å²) in [6, 6.07) is -1.17. The highest BCUT2D eigenvalue weighted by molar-refractivity contribution is 7.07. The number of ether oxygens (including phenoxy) is 1. The maximum Gasteiger partial charge on any atom is 0.326 e. The first-order valence-electron chi connectivity index (χ1n) is 6.22. The standard InChI is InChI=1S/C12H17N3O5S/c1-12(2,3)20-9(16)5-4-7(11(18)19)14-10(17)8-6-13-15-21-8/h6-7H,4-5H2,1-3H3,(H,14,17)(H,18,19)/t7-/m1/s1. The van der Waals surface area contributed by atoms with Crippen molar-refractivity contribution in [2.75, 3.05) is 0 Å². The third kappa shape index (κ3) is 6.30. The summed E-state index contributed by atoms with van der Waals surface area (Å²) in [5.74, 6) is -2.31. The second-order valence-electron chi connectivity index (χ2n) is 5.27. The van der Waals surface area contributed by atoms with Crippen LogP contribution < -0.4 is 5.32 Å². The number of carboxylic acids is 1. The highest BCUT2D eigenvalue weighted by Crippen LogP contribution is 2.11. The average Bonchev–Trinajstić information content (AvgIpc) is 2.85. The zero-order chi connectivity index (χ0) is 16.0. The number of hydrogen-bond acceptors (Lipinski definition) is 7. The van der Waals surface area contributed by atoms with Gasteiger partial charge in [-0.15, -0.1) is 5.10 Å². The molecule has 0 aliphatic heterocycles. The van der Waals surface area contributed by atoms with E-state index in [9.17, 15) is 14.4 Å². The van der Waals surface area contributed by atoms with Crippen LogP contribution in [-0.4, -0.2) is 44.2 Å². The van der Waals surface area contributed by atoms with Gasteiger partial charge >= 0.3 is 11.9 Å². The van der Waals surface area contributed by atoms with Gasteiger partial charge in [-0.05, 0) is 38.7 Å². The molecule has 1 rings (SSSR count). The molecule has 0 bridgehead atoms. The van der Waals surface area contributed by atoms with Crippen LogP contribution in [0.1, 0.15) is 43.3 Å². The van der Waals surface area contributed by atoms with Gasteiger partial charge in [-0.1, -0.05) is 4.49 Å². The fourth-order valence-electron chi connectivity index (χ4n) is 1.41. The molecule has 0 fully saturated rings. The molecule has 0 aliphatic carbocycles. The SMILES string of the molecule is CC(C)(C)OC(=O)CC[C@@H](NC(=O)c1cnns1)C(=O)O. The van der Waals surface area contributed by atoms with E-state index in [0.717, 1.165) is 11.5 Å². The number of aliphatic carboxylic acids is 1. The zero-order valence-corrected chi connectivity index (χ0v) is 12.8. The molecule has 2 N–H and O–H groups in total. The van der Waals surface area contributed by atoms with Gasteiger partial charge in [0, 0.05) is 6.42 Å². The van der Waals surface area contributed by atoms with E-state index in [4.69, 9.17) is 9.84 Å². The van der Waals surface area contributed by atoms with Crippen molar-refractivity contribution in [1.82, 2.24) is 14.9 Å². The summed E-state index contributed by atoms with van der Waals surface area (Å²) in [6.07, 6.45) is 1.09. The first-order chi connectivity index (χ1) is 9.69. The van der Waals surface area contributed by atoms with Crippen molar-refractivity contribution < 1.29 is 24.2 Å². The van der Waals surface area contributed by atoms with Crippen LogP contribution in [0.4, 0.5) is 0 Å². The van der Waals surface area contributed by atoms with E-state index in [0.29, 0.717) is 0 Å². The van der Waals surface area contributed by atoms with E-state index < -0.39 is 29.5 Å². The molecule has 1 amide bonds. The molecule has 1 aromatic heterocycles. The third-order valence-electron chi connectivity index (χ3n) is 2.25. The minimum atomic E-state index is -1.22. The zero-order valence-electron chi connectivity index (χ0n) is 12.0. The molecule has 0 aromatic carbocycles. The van der Waals surface area contributed by atoms with Crippen LogP contribution in [0.15, 0.2) is 6.20 Å². The van der Waals surface area contributed by atoms with Gasteiger partial charge in [-0.2, -0.15) is 0 Å². The molecule has 0 radical (unpaired) electrons. The molecule has 9 heteroatoms. The van der Waals surface area contributed by atoms with E-state index in [2.05, 4.69) is 14.9 Å². The second-order valence-corrected chi connectivity index (χ2v) is 6.06. The molecule has 0 unspecified atom stereocenters. The van der Waals surface area contributed by atoms with Crippen molar-refractivity contribution in [2.24, 2.45) is 0 Å². The Labute approximate surface area is 125 Å². The number of carbonyl (C=O) groups excluding carboxylic acids is 2. The summed E-state index contributed by atoms with van der Waals surface area (Å²) in [7, 11) is 0. The number of aromatic nitrogens is 2. The van der Waals surface area contributed by atoms with Gasteiger partial charge in [0.2, 0.25) is 0 Å². The first kappa shape index (κ1) is 17.0. The van der Waals surface area contributed by atoms with E-state index in [1.54, 1.807) is 20.8 Å². The van der Waals surface area contributed by atoms with E-state index in [1.807, 2.05) is 0 Å². The Hall–Kier alpha value is -2.03. The second kappa shape index (κ2) is 7.11. The van der Waals surface area contributed by atoms with Gasteiger partial charge < -0.3 is 15.2 Å². The molecule has 8 nitrogen and oxygen atoms in total. The van der Waals surface area contributed by atoms with Crippen LogP contribution >= 0.6 is 11.5 Å². The number of nitrogens with zero attached hydrogens (tertiary/aromatic N) is 2. The summed E-state index contributed by atoms with van der Waals surface area (Å²) in [6.45, 7) is 5.16. The van der Waals surface area contributed by atoms with Gasteiger partial charge in [-0.25, -0.2) is 4.79 Å². The fourth-order valence-corrected chi connectivity index (χ4v) is 1.83. The van der Waals surface area contributed by atoms with Gasteiger partial charge in [0.1, 0.15) is 16.5 Å². The molecule has 0 saturated carbocycles. The van der Waals surface area contributed by atoms with Crippen molar-refractivity contribution in [1.29, 1.82) is 0 Å². The molecule has 1 atom stereocenters. The Morgan fingerprint density at radius 3 is 2.57 bits per heavy atom. The molecule has 0 spiro atoms. The average molecular weight is 315 g/mol. The number of carboxylic acid groups (broad SMARTS) is 1. The number of carbonyl (C=O) groups is 3. The molecule has 21 heavy (non-hydrogen) atoms. The molecular formula is C12H17N3O5S. The molecule has 0 saturated heterocycles. The van der Waals surface area contributed by atoms with Crippen molar-refractivity contribution >= 4 is 29.4 Å². The number of hydrogen-bond donors (Lipinski definition) is 2.